The van der Waals surface area contributed by atoms with Gasteiger partial charge in [-0.2, -0.15) is 5.10 Å². The van der Waals surface area contributed by atoms with Gasteiger partial charge in [-0.15, -0.1) is 0 Å². The Labute approximate surface area is 85.3 Å². The largest absolute Gasteiger partial charge is 0.384 e. The Kier molecular flexibility index (Phi) is 2.48. The van der Waals surface area contributed by atoms with Crippen LogP contribution in [0.25, 0.3) is 0 Å². The van der Waals surface area contributed by atoms with E-state index >= 15 is 0 Å². The van der Waals surface area contributed by atoms with Crippen molar-refractivity contribution in [2.24, 2.45) is 13.0 Å². The summed E-state index contributed by atoms with van der Waals surface area (Å²) in [6.45, 7) is 2.15. The summed E-state index contributed by atoms with van der Waals surface area (Å²) < 4.78 is 1.81. The van der Waals surface area contributed by atoms with Crippen LogP contribution in [0.1, 0.15) is 37.4 Å². The molecule has 0 saturated heterocycles. The van der Waals surface area contributed by atoms with E-state index in [9.17, 15) is 0 Å². The monoisotopic (exact) mass is 193 g/mol. The molecule has 14 heavy (non-hydrogen) atoms. The van der Waals surface area contributed by atoms with Crippen LogP contribution in [0, 0.1) is 5.92 Å². The van der Waals surface area contributed by atoms with Crippen molar-refractivity contribution >= 4 is 5.82 Å². The second-order valence-electron chi connectivity index (χ2n) is 4.27. The number of nitrogens with zero attached hydrogens (tertiary/aromatic N) is 2. The molecule has 3 heteroatoms. The molecule has 78 valence electrons. The maximum atomic E-state index is 5.94. The summed E-state index contributed by atoms with van der Waals surface area (Å²) in [6.07, 6.45) is 6.25. The third-order valence-electron chi connectivity index (χ3n) is 3.12. The lowest BCUT2D eigenvalue weighted by Gasteiger charge is -1.99. The molecule has 1 heterocycles. The lowest BCUT2D eigenvalue weighted by atomic mass is 10.1. The smallest absolute Gasteiger partial charge is 0.124 e. The van der Waals surface area contributed by atoms with Crippen LogP contribution in [0.4, 0.5) is 5.82 Å². The lowest BCUT2D eigenvalue weighted by molar-refractivity contribution is 0.684. The highest BCUT2D eigenvalue weighted by Gasteiger charge is 2.22. The van der Waals surface area contributed by atoms with Gasteiger partial charge in [0, 0.05) is 12.6 Å². The summed E-state index contributed by atoms with van der Waals surface area (Å²) in [5, 5.41) is 4.47. The minimum absolute atomic E-state index is 0.846. The first kappa shape index (κ1) is 9.56. The highest BCUT2D eigenvalue weighted by atomic mass is 15.3. The van der Waals surface area contributed by atoms with Crippen molar-refractivity contribution < 1.29 is 0 Å². The summed E-state index contributed by atoms with van der Waals surface area (Å²) in [5.74, 6) is 1.82. The number of rotatable bonds is 4. The second kappa shape index (κ2) is 3.64. The van der Waals surface area contributed by atoms with Crippen LogP contribution in [0.3, 0.4) is 0 Å². The first-order chi connectivity index (χ1) is 6.72. The van der Waals surface area contributed by atoms with Gasteiger partial charge in [0.15, 0.2) is 0 Å². The van der Waals surface area contributed by atoms with Crippen LogP contribution in [0.15, 0.2) is 0 Å². The van der Waals surface area contributed by atoms with E-state index in [1.54, 1.807) is 4.68 Å². The molecule has 0 spiro atoms. The fourth-order valence-electron chi connectivity index (χ4n) is 1.97. The fraction of sp³-hybridized carbons (Fsp3) is 0.727. The molecule has 0 amide bonds. The van der Waals surface area contributed by atoms with E-state index in [0.29, 0.717) is 0 Å². The molecule has 0 unspecified atom stereocenters. The first-order valence-electron chi connectivity index (χ1n) is 5.52. The van der Waals surface area contributed by atoms with Crippen LogP contribution < -0.4 is 5.73 Å². The van der Waals surface area contributed by atoms with Crippen LogP contribution in [-0.2, 0) is 19.9 Å². The summed E-state index contributed by atoms with van der Waals surface area (Å²) in [5.41, 5.74) is 8.42. The molecule has 1 saturated carbocycles. The lowest BCUT2D eigenvalue weighted by Crippen LogP contribution is -1.98. The van der Waals surface area contributed by atoms with E-state index in [1.165, 1.54) is 30.5 Å². The van der Waals surface area contributed by atoms with Crippen molar-refractivity contribution in [3.8, 4) is 0 Å². The molecule has 1 aliphatic rings. The van der Waals surface area contributed by atoms with Crippen molar-refractivity contribution in [2.75, 3.05) is 5.73 Å². The Hall–Kier alpha value is -0.990. The van der Waals surface area contributed by atoms with Gasteiger partial charge in [-0.05, 0) is 25.2 Å². The van der Waals surface area contributed by atoms with Crippen molar-refractivity contribution in [3.05, 3.63) is 11.3 Å². The van der Waals surface area contributed by atoms with Crippen LogP contribution in [0.2, 0.25) is 0 Å². The Balaban J connectivity index is 2.09. The molecule has 0 aliphatic heterocycles. The van der Waals surface area contributed by atoms with Crippen molar-refractivity contribution in [2.45, 2.75) is 39.0 Å². The maximum absolute atomic E-state index is 5.94. The Morgan fingerprint density at radius 1 is 1.50 bits per heavy atom. The summed E-state index contributed by atoms with van der Waals surface area (Å²) in [6, 6.07) is 0. The highest BCUT2D eigenvalue weighted by molar-refractivity contribution is 5.43. The van der Waals surface area contributed by atoms with Crippen molar-refractivity contribution in [1.29, 1.82) is 0 Å². The highest BCUT2D eigenvalue weighted by Crippen LogP contribution is 2.34. The SMILES string of the molecule is CCc1c(CCC2CC2)nn(C)c1N. The maximum Gasteiger partial charge on any atom is 0.124 e. The van der Waals surface area contributed by atoms with Crippen LogP contribution in [0.5, 0.6) is 0 Å². The van der Waals surface area contributed by atoms with E-state index in [1.807, 2.05) is 7.05 Å². The first-order valence-corrected chi connectivity index (χ1v) is 5.52. The van der Waals surface area contributed by atoms with Crippen LogP contribution >= 0.6 is 0 Å². The number of hydrogen-bond donors (Lipinski definition) is 1. The molecule has 3 nitrogen and oxygen atoms in total. The van der Waals surface area contributed by atoms with Gasteiger partial charge in [-0.25, -0.2) is 0 Å². The van der Waals surface area contributed by atoms with Gasteiger partial charge in [0.1, 0.15) is 5.82 Å². The normalized spacial score (nSPS) is 16.1. The minimum atomic E-state index is 0.846. The Bertz CT molecular complexity index is 324. The molecule has 0 atom stereocenters. The number of nitrogens with two attached hydrogens (primary N) is 1. The van der Waals surface area contributed by atoms with Crippen molar-refractivity contribution in [1.82, 2.24) is 9.78 Å². The van der Waals surface area contributed by atoms with E-state index < -0.39 is 0 Å². The molecule has 2 rings (SSSR count). The van der Waals surface area contributed by atoms with E-state index in [0.717, 1.165) is 24.6 Å². The van der Waals surface area contributed by atoms with Gasteiger partial charge in [-0.1, -0.05) is 19.8 Å². The van der Waals surface area contributed by atoms with Gasteiger partial charge in [0.25, 0.3) is 0 Å². The van der Waals surface area contributed by atoms with Gasteiger partial charge < -0.3 is 5.73 Å². The average Bonchev–Trinajstić information content (AvgIpc) is 2.94. The average molecular weight is 193 g/mol. The number of anilines is 1. The molecule has 2 N–H and O–H groups in total. The molecular weight excluding hydrogens is 174 g/mol. The van der Waals surface area contributed by atoms with Gasteiger partial charge in [-0.3, -0.25) is 4.68 Å². The number of nitrogen functional groups attached to an aromatic ring is 1. The zero-order chi connectivity index (χ0) is 10.1. The molecule has 0 radical (unpaired) electrons. The predicted molar refractivity (Wildman–Crippen MR) is 58.0 cm³/mol. The quantitative estimate of drug-likeness (QED) is 0.793. The molecular formula is C11H19N3. The summed E-state index contributed by atoms with van der Waals surface area (Å²) >= 11 is 0. The third kappa shape index (κ3) is 1.76. The van der Waals surface area contributed by atoms with Gasteiger partial charge in [0.05, 0.1) is 5.69 Å². The molecule has 1 fully saturated rings. The third-order valence-corrected chi connectivity index (χ3v) is 3.12. The van der Waals surface area contributed by atoms with Gasteiger partial charge in [0.2, 0.25) is 0 Å². The number of hydrogen-bond acceptors (Lipinski definition) is 2. The van der Waals surface area contributed by atoms with Gasteiger partial charge >= 0.3 is 0 Å². The number of aryl methyl sites for hydroxylation is 2. The van der Waals surface area contributed by atoms with E-state index in [4.69, 9.17) is 5.73 Å². The Morgan fingerprint density at radius 2 is 2.21 bits per heavy atom. The molecule has 0 aromatic carbocycles. The van der Waals surface area contributed by atoms with Crippen molar-refractivity contribution in [3.63, 3.8) is 0 Å². The minimum Gasteiger partial charge on any atom is -0.384 e. The molecule has 1 aromatic rings. The predicted octanol–water partition coefficient (Wildman–Crippen LogP) is 1.91. The summed E-state index contributed by atoms with van der Waals surface area (Å²) in [7, 11) is 1.93. The zero-order valence-electron chi connectivity index (χ0n) is 9.08. The molecule has 0 bridgehead atoms. The fourth-order valence-corrected chi connectivity index (χ4v) is 1.97. The zero-order valence-corrected chi connectivity index (χ0v) is 9.08. The summed E-state index contributed by atoms with van der Waals surface area (Å²) in [4.78, 5) is 0. The standard InChI is InChI=1S/C11H19N3/c1-3-9-10(7-6-8-4-5-8)13-14(2)11(9)12/h8H,3-7,12H2,1-2H3. The Morgan fingerprint density at radius 3 is 2.79 bits per heavy atom. The molecule has 1 aliphatic carbocycles. The van der Waals surface area contributed by atoms with E-state index in [2.05, 4.69) is 12.0 Å². The molecule has 1 aromatic heterocycles. The topological polar surface area (TPSA) is 43.8 Å². The van der Waals surface area contributed by atoms with Crippen LogP contribution in [-0.4, -0.2) is 9.78 Å². The second-order valence-corrected chi connectivity index (χ2v) is 4.27. The number of aromatic nitrogens is 2. The van der Waals surface area contributed by atoms with E-state index in [-0.39, 0.29) is 0 Å².